The summed E-state index contributed by atoms with van der Waals surface area (Å²) >= 11 is 0. The fraction of sp³-hybridized carbons (Fsp3) is 0.0909. The molecule has 1 aromatic heterocycles. The molecule has 2 rings (SSSR count). The molecule has 3 N–H and O–H groups in total. The third-order valence-electron chi connectivity index (χ3n) is 2.35. The maximum atomic E-state index is 13.6. The summed E-state index contributed by atoms with van der Waals surface area (Å²) in [5.74, 6) is 4.29. The number of nitrogens with zero attached hydrogens (tertiary/aromatic N) is 2. The molecule has 1 unspecified atom stereocenters. The van der Waals surface area contributed by atoms with Gasteiger partial charge in [0.1, 0.15) is 18.0 Å². The first-order valence-electron chi connectivity index (χ1n) is 4.88. The third-order valence-corrected chi connectivity index (χ3v) is 2.35. The molecule has 0 saturated carbocycles. The van der Waals surface area contributed by atoms with Crippen molar-refractivity contribution < 1.29 is 8.78 Å². The van der Waals surface area contributed by atoms with Crippen molar-refractivity contribution in [2.45, 2.75) is 6.04 Å². The first kappa shape index (κ1) is 11.6. The molecule has 0 spiro atoms. The van der Waals surface area contributed by atoms with E-state index in [1.54, 1.807) is 0 Å². The van der Waals surface area contributed by atoms with Crippen LogP contribution in [0.1, 0.15) is 17.2 Å². The number of hydrogen-bond acceptors (Lipinski definition) is 4. The Morgan fingerprint density at radius 1 is 1.18 bits per heavy atom. The summed E-state index contributed by atoms with van der Waals surface area (Å²) in [7, 11) is 0. The number of nitrogens with two attached hydrogens (primary N) is 1. The molecule has 1 aromatic carbocycles. The topological polar surface area (TPSA) is 63.8 Å². The molecular formula is C11H10F2N4. The summed E-state index contributed by atoms with van der Waals surface area (Å²) in [6.45, 7) is 0. The lowest BCUT2D eigenvalue weighted by atomic mass is 10.0. The molecule has 0 amide bonds. The molecular weight excluding hydrogens is 226 g/mol. The van der Waals surface area contributed by atoms with E-state index in [0.29, 0.717) is 5.56 Å². The number of hydrazine groups is 1. The van der Waals surface area contributed by atoms with Gasteiger partial charge in [-0.1, -0.05) is 0 Å². The number of rotatable bonds is 3. The van der Waals surface area contributed by atoms with Gasteiger partial charge in [0.05, 0.1) is 6.04 Å². The van der Waals surface area contributed by atoms with E-state index < -0.39 is 17.7 Å². The molecule has 2 aromatic rings. The molecule has 1 atom stereocenters. The normalized spacial score (nSPS) is 12.4. The van der Waals surface area contributed by atoms with Crippen LogP contribution in [0.3, 0.4) is 0 Å². The second-order valence-corrected chi connectivity index (χ2v) is 3.44. The monoisotopic (exact) mass is 236 g/mol. The Balaban J connectivity index is 2.46. The van der Waals surface area contributed by atoms with Crippen molar-refractivity contribution in [2.24, 2.45) is 5.84 Å². The number of halogens is 2. The van der Waals surface area contributed by atoms with Crippen LogP contribution in [0, 0.1) is 11.6 Å². The van der Waals surface area contributed by atoms with E-state index in [0.717, 1.165) is 18.2 Å². The van der Waals surface area contributed by atoms with Gasteiger partial charge in [-0.15, -0.1) is 0 Å². The summed E-state index contributed by atoms with van der Waals surface area (Å²) in [4.78, 5) is 7.62. The molecule has 0 saturated heterocycles. The molecule has 0 aliphatic heterocycles. The predicted molar refractivity (Wildman–Crippen MR) is 57.6 cm³/mol. The zero-order valence-corrected chi connectivity index (χ0v) is 8.77. The largest absolute Gasteiger partial charge is 0.271 e. The molecule has 4 nitrogen and oxygen atoms in total. The number of hydrogen-bond donors (Lipinski definition) is 2. The van der Waals surface area contributed by atoms with Crippen LogP contribution in [-0.2, 0) is 0 Å². The minimum Gasteiger partial charge on any atom is -0.271 e. The molecule has 0 radical (unpaired) electrons. The average Bonchev–Trinajstić information content (AvgIpc) is 2.36. The molecule has 0 bridgehead atoms. The third kappa shape index (κ3) is 2.43. The van der Waals surface area contributed by atoms with Crippen molar-refractivity contribution in [3.05, 3.63) is 59.7 Å². The van der Waals surface area contributed by atoms with Crippen LogP contribution >= 0.6 is 0 Å². The molecule has 1 heterocycles. The SMILES string of the molecule is NNC(c1cncnc1)c1cc(F)ccc1F. The zero-order valence-electron chi connectivity index (χ0n) is 8.77. The van der Waals surface area contributed by atoms with E-state index in [1.165, 1.54) is 18.7 Å². The Kier molecular flexibility index (Phi) is 3.36. The van der Waals surface area contributed by atoms with Crippen LogP contribution in [0.15, 0.2) is 36.9 Å². The van der Waals surface area contributed by atoms with Crippen molar-refractivity contribution in [1.29, 1.82) is 0 Å². The van der Waals surface area contributed by atoms with Crippen LogP contribution in [0.2, 0.25) is 0 Å². The van der Waals surface area contributed by atoms with Gasteiger partial charge in [-0.25, -0.2) is 24.2 Å². The van der Waals surface area contributed by atoms with Gasteiger partial charge in [-0.05, 0) is 18.2 Å². The second kappa shape index (κ2) is 4.94. The highest BCUT2D eigenvalue weighted by molar-refractivity contribution is 5.30. The fourth-order valence-corrected chi connectivity index (χ4v) is 1.56. The van der Waals surface area contributed by atoms with Gasteiger partial charge in [0.2, 0.25) is 0 Å². The summed E-state index contributed by atoms with van der Waals surface area (Å²) in [5.41, 5.74) is 3.08. The first-order chi connectivity index (χ1) is 8.22. The van der Waals surface area contributed by atoms with Gasteiger partial charge in [0.25, 0.3) is 0 Å². The highest BCUT2D eigenvalue weighted by atomic mass is 19.1. The summed E-state index contributed by atoms with van der Waals surface area (Å²) in [5, 5.41) is 0. The lowest BCUT2D eigenvalue weighted by Crippen LogP contribution is -2.29. The van der Waals surface area contributed by atoms with Gasteiger partial charge in [-0.2, -0.15) is 0 Å². The summed E-state index contributed by atoms with van der Waals surface area (Å²) in [6, 6.07) is 2.51. The number of benzene rings is 1. The second-order valence-electron chi connectivity index (χ2n) is 3.44. The van der Waals surface area contributed by atoms with Crippen LogP contribution in [0.5, 0.6) is 0 Å². The van der Waals surface area contributed by atoms with Crippen molar-refractivity contribution in [3.8, 4) is 0 Å². The van der Waals surface area contributed by atoms with E-state index in [1.807, 2.05) is 0 Å². The van der Waals surface area contributed by atoms with Crippen molar-refractivity contribution in [1.82, 2.24) is 15.4 Å². The van der Waals surface area contributed by atoms with E-state index in [2.05, 4.69) is 15.4 Å². The smallest absolute Gasteiger partial charge is 0.128 e. The van der Waals surface area contributed by atoms with E-state index in [9.17, 15) is 8.78 Å². The Bertz CT molecular complexity index is 504. The lowest BCUT2D eigenvalue weighted by molar-refractivity contribution is 0.544. The lowest BCUT2D eigenvalue weighted by Gasteiger charge is -2.16. The summed E-state index contributed by atoms with van der Waals surface area (Å²) < 4.78 is 26.7. The van der Waals surface area contributed by atoms with Crippen LogP contribution in [0.25, 0.3) is 0 Å². The maximum absolute atomic E-state index is 13.6. The van der Waals surface area contributed by atoms with Crippen LogP contribution in [-0.4, -0.2) is 9.97 Å². The Morgan fingerprint density at radius 2 is 1.88 bits per heavy atom. The zero-order chi connectivity index (χ0) is 12.3. The quantitative estimate of drug-likeness (QED) is 0.623. The summed E-state index contributed by atoms with van der Waals surface area (Å²) in [6.07, 6.45) is 4.32. The number of aromatic nitrogens is 2. The minimum atomic E-state index is -0.688. The van der Waals surface area contributed by atoms with E-state index >= 15 is 0 Å². The first-order valence-corrected chi connectivity index (χ1v) is 4.88. The van der Waals surface area contributed by atoms with Gasteiger partial charge < -0.3 is 0 Å². The van der Waals surface area contributed by atoms with Gasteiger partial charge in [0.15, 0.2) is 0 Å². The molecule has 0 aliphatic carbocycles. The Hall–Kier alpha value is -1.92. The fourth-order valence-electron chi connectivity index (χ4n) is 1.56. The minimum absolute atomic E-state index is 0.113. The standard InChI is InChI=1S/C11H10F2N4/c12-8-1-2-10(13)9(3-8)11(17-14)7-4-15-6-16-5-7/h1-6,11,17H,14H2. The predicted octanol–water partition coefficient (Wildman–Crippen LogP) is 1.31. The van der Waals surface area contributed by atoms with Crippen molar-refractivity contribution in [3.63, 3.8) is 0 Å². The molecule has 0 fully saturated rings. The van der Waals surface area contributed by atoms with Crippen LogP contribution < -0.4 is 11.3 Å². The van der Waals surface area contributed by atoms with E-state index in [4.69, 9.17) is 5.84 Å². The highest BCUT2D eigenvalue weighted by Gasteiger charge is 2.17. The van der Waals surface area contributed by atoms with Gasteiger partial charge in [0, 0.05) is 23.5 Å². The van der Waals surface area contributed by atoms with Gasteiger partial charge >= 0.3 is 0 Å². The van der Waals surface area contributed by atoms with Crippen LogP contribution in [0.4, 0.5) is 8.78 Å². The maximum Gasteiger partial charge on any atom is 0.128 e. The highest BCUT2D eigenvalue weighted by Crippen LogP contribution is 2.23. The van der Waals surface area contributed by atoms with Gasteiger partial charge in [-0.3, -0.25) is 5.84 Å². The van der Waals surface area contributed by atoms with E-state index in [-0.39, 0.29) is 5.56 Å². The number of nitrogens with one attached hydrogen (secondary N) is 1. The van der Waals surface area contributed by atoms with Crippen molar-refractivity contribution >= 4 is 0 Å². The molecule has 17 heavy (non-hydrogen) atoms. The average molecular weight is 236 g/mol. The van der Waals surface area contributed by atoms with Crippen molar-refractivity contribution in [2.75, 3.05) is 0 Å². The Morgan fingerprint density at radius 3 is 2.53 bits per heavy atom. The Labute approximate surface area is 96.5 Å². The molecule has 88 valence electrons. The molecule has 6 heteroatoms. The molecule has 0 aliphatic rings.